The maximum Gasteiger partial charge on any atom is 0.343 e. The Balaban J connectivity index is 2.22. The van der Waals surface area contributed by atoms with Crippen LogP contribution in [0.5, 0.6) is 5.75 Å². The van der Waals surface area contributed by atoms with Crippen LogP contribution in [0.2, 0.25) is 5.02 Å². The molecule has 6 heteroatoms. The van der Waals surface area contributed by atoms with Crippen LogP contribution in [-0.4, -0.2) is 10.9 Å². The number of nitro groups is 1. The predicted octanol–water partition coefficient (Wildman–Crippen LogP) is 4.08. The first-order valence-corrected chi connectivity index (χ1v) is 6.49. The Morgan fingerprint density at radius 2 is 1.86 bits per heavy atom. The Morgan fingerprint density at radius 1 is 1.14 bits per heavy atom. The molecule has 108 valence electrons. The zero-order chi connectivity index (χ0) is 15.6. The minimum atomic E-state index is -0.574. The minimum absolute atomic E-state index is 0.0334. The molecular weight excluding hydrogens is 294 g/mol. The van der Waals surface area contributed by atoms with Gasteiger partial charge in [0.2, 0.25) is 0 Å². The highest BCUT2D eigenvalue weighted by molar-refractivity contribution is 6.31. The van der Waals surface area contributed by atoms with Gasteiger partial charge in [-0.1, -0.05) is 11.6 Å². The number of hydrogen-bond donors (Lipinski definition) is 0. The number of carbonyl (C=O) groups is 1. The number of halogens is 1. The van der Waals surface area contributed by atoms with Gasteiger partial charge < -0.3 is 4.74 Å². The number of hydrogen-bond acceptors (Lipinski definition) is 4. The van der Waals surface area contributed by atoms with Gasteiger partial charge in [0, 0.05) is 16.7 Å². The third-order valence-corrected chi connectivity index (χ3v) is 3.39. The fourth-order valence-electron chi connectivity index (χ4n) is 1.83. The summed E-state index contributed by atoms with van der Waals surface area (Å²) in [7, 11) is 0. The molecule has 0 bridgehead atoms. The van der Waals surface area contributed by atoms with Gasteiger partial charge in [0.15, 0.2) is 0 Å². The van der Waals surface area contributed by atoms with Crippen LogP contribution in [0.3, 0.4) is 0 Å². The molecule has 0 aliphatic heterocycles. The first kappa shape index (κ1) is 15.0. The summed E-state index contributed by atoms with van der Waals surface area (Å²) in [6.07, 6.45) is 0. The van der Waals surface area contributed by atoms with Crippen LogP contribution in [-0.2, 0) is 0 Å². The number of rotatable bonds is 3. The van der Waals surface area contributed by atoms with E-state index in [1.54, 1.807) is 32.0 Å². The summed E-state index contributed by atoms with van der Waals surface area (Å²) in [6, 6.07) is 8.98. The molecule has 0 radical (unpaired) electrons. The summed E-state index contributed by atoms with van der Waals surface area (Å²) in [4.78, 5) is 22.3. The van der Waals surface area contributed by atoms with Crippen molar-refractivity contribution in [2.24, 2.45) is 0 Å². The Hall–Kier alpha value is -2.40. The summed E-state index contributed by atoms with van der Waals surface area (Å²) in [5.74, 6) is -0.201. The second-order valence-corrected chi connectivity index (χ2v) is 4.97. The van der Waals surface area contributed by atoms with Crippen molar-refractivity contribution in [2.45, 2.75) is 13.8 Å². The van der Waals surface area contributed by atoms with E-state index < -0.39 is 10.9 Å². The van der Waals surface area contributed by atoms with Crippen molar-refractivity contribution in [1.29, 1.82) is 0 Å². The molecule has 2 rings (SSSR count). The van der Waals surface area contributed by atoms with Crippen molar-refractivity contribution >= 4 is 23.3 Å². The van der Waals surface area contributed by atoms with Crippen LogP contribution in [0.25, 0.3) is 0 Å². The number of aryl methyl sites for hydroxylation is 2. The monoisotopic (exact) mass is 305 g/mol. The van der Waals surface area contributed by atoms with Crippen molar-refractivity contribution in [1.82, 2.24) is 0 Å². The van der Waals surface area contributed by atoms with Gasteiger partial charge in [-0.3, -0.25) is 10.1 Å². The zero-order valence-corrected chi connectivity index (χ0v) is 12.2. The largest absolute Gasteiger partial charge is 0.423 e. The molecule has 0 aliphatic rings. The third kappa shape index (κ3) is 3.38. The van der Waals surface area contributed by atoms with Crippen LogP contribution in [0.1, 0.15) is 21.5 Å². The molecule has 0 heterocycles. The Labute approximate surface area is 126 Å². The van der Waals surface area contributed by atoms with Gasteiger partial charge in [0.1, 0.15) is 5.75 Å². The second kappa shape index (κ2) is 5.93. The van der Waals surface area contributed by atoms with Gasteiger partial charge in [-0.15, -0.1) is 0 Å². The Bertz CT molecular complexity index is 728. The number of ether oxygens (including phenoxy) is 1. The predicted molar refractivity (Wildman–Crippen MR) is 79.0 cm³/mol. The highest BCUT2D eigenvalue weighted by Gasteiger charge is 2.15. The molecule has 0 aliphatic carbocycles. The topological polar surface area (TPSA) is 69.4 Å². The fourth-order valence-corrected chi connectivity index (χ4v) is 1.95. The lowest BCUT2D eigenvalue weighted by Crippen LogP contribution is -2.09. The first-order chi connectivity index (χ1) is 9.88. The average Bonchev–Trinajstić information content (AvgIpc) is 2.42. The van der Waals surface area contributed by atoms with Gasteiger partial charge in [0.25, 0.3) is 5.69 Å². The molecule has 0 amide bonds. The lowest BCUT2D eigenvalue weighted by molar-refractivity contribution is -0.385. The number of esters is 1. The standard InChI is InChI=1S/C15H12ClNO4/c1-9-8-12(4-5-13(9)16)21-15(18)11-3-6-14(17(19)20)10(2)7-11/h3-8H,1-2H3. The van der Waals surface area contributed by atoms with Gasteiger partial charge in [-0.05, 0) is 49.7 Å². The molecule has 0 atom stereocenters. The highest BCUT2D eigenvalue weighted by atomic mass is 35.5. The van der Waals surface area contributed by atoms with Gasteiger partial charge in [-0.2, -0.15) is 0 Å². The second-order valence-electron chi connectivity index (χ2n) is 4.56. The zero-order valence-electron chi connectivity index (χ0n) is 11.4. The van der Waals surface area contributed by atoms with E-state index in [4.69, 9.17) is 16.3 Å². The molecule has 0 unspecified atom stereocenters. The van der Waals surface area contributed by atoms with Crippen molar-refractivity contribution in [2.75, 3.05) is 0 Å². The molecule has 21 heavy (non-hydrogen) atoms. The highest BCUT2D eigenvalue weighted by Crippen LogP contribution is 2.23. The molecular formula is C15H12ClNO4. The maximum absolute atomic E-state index is 12.0. The summed E-state index contributed by atoms with van der Waals surface area (Å²) < 4.78 is 5.22. The van der Waals surface area contributed by atoms with Crippen LogP contribution in [0.4, 0.5) is 5.69 Å². The van der Waals surface area contributed by atoms with Crippen molar-refractivity contribution < 1.29 is 14.5 Å². The van der Waals surface area contributed by atoms with E-state index >= 15 is 0 Å². The van der Waals surface area contributed by atoms with Crippen molar-refractivity contribution in [3.05, 3.63) is 68.2 Å². The summed E-state index contributed by atoms with van der Waals surface area (Å²) in [5.41, 5.74) is 1.42. The van der Waals surface area contributed by atoms with E-state index in [-0.39, 0.29) is 11.3 Å². The van der Waals surface area contributed by atoms with Crippen molar-refractivity contribution in [3.8, 4) is 5.75 Å². The molecule has 0 aromatic heterocycles. The summed E-state index contributed by atoms with van der Waals surface area (Å²) in [5, 5.41) is 11.3. The number of carbonyl (C=O) groups excluding carboxylic acids is 1. The van der Waals surface area contributed by atoms with Gasteiger partial charge in [0.05, 0.1) is 10.5 Å². The van der Waals surface area contributed by atoms with E-state index in [1.165, 1.54) is 18.2 Å². The minimum Gasteiger partial charge on any atom is -0.423 e. The molecule has 0 saturated heterocycles. The SMILES string of the molecule is Cc1cc(OC(=O)c2ccc([N+](=O)[O-])c(C)c2)ccc1Cl. The molecule has 5 nitrogen and oxygen atoms in total. The number of nitrogens with zero attached hydrogens (tertiary/aromatic N) is 1. The third-order valence-electron chi connectivity index (χ3n) is 2.97. The molecule has 0 saturated carbocycles. The average molecular weight is 306 g/mol. The van der Waals surface area contributed by atoms with E-state index in [1.807, 2.05) is 0 Å². The lowest BCUT2D eigenvalue weighted by Gasteiger charge is -2.07. The fraction of sp³-hybridized carbons (Fsp3) is 0.133. The van der Waals surface area contributed by atoms with E-state index in [9.17, 15) is 14.9 Å². The molecule has 0 N–H and O–H groups in total. The van der Waals surface area contributed by atoms with E-state index in [0.717, 1.165) is 5.56 Å². The van der Waals surface area contributed by atoms with Crippen LogP contribution < -0.4 is 4.74 Å². The Kier molecular flexibility index (Phi) is 4.23. The smallest absolute Gasteiger partial charge is 0.343 e. The van der Waals surface area contributed by atoms with Gasteiger partial charge in [-0.25, -0.2) is 4.79 Å². The van der Waals surface area contributed by atoms with Gasteiger partial charge >= 0.3 is 5.97 Å². The van der Waals surface area contributed by atoms with Crippen LogP contribution >= 0.6 is 11.6 Å². The van der Waals surface area contributed by atoms with E-state index in [2.05, 4.69) is 0 Å². The van der Waals surface area contributed by atoms with Crippen LogP contribution in [0, 0.1) is 24.0 Å². The van der Waals surface area contributed by atoms with Crippen LogP contribution in [0.15, 0.2) is 36.4 Å². The number of benzene rings is 2. The normalized spacial score (nSPS) is 10.2. The summed E-state index contributed by atoms with van der Waals surface area (Å²) in [6.45, 7) is 3.37. The lowest BCUT2D eigenvalue weighted by atomic mass is 10.1. The molecule has 0 spiro atoms. The Morgan fingerprint density at radius 3 is 2.43 bits per heavy atom. The first-order valence-electron chi connectivity index (χ1n) is 6.12. The number of nitro benzene ring substituents is 1. The molecule has 2 aromatic carbocycles. The van der Waals surface area contributed by atoms with E-state index in [0.29, 0.717) is 16.3 Å². The quantitative estimate of drug-likeness (QED) is 0.371. The maximum atomic E-state index is 12.0. The molecule has 0 fully saturated rings. The summed E-state index contributed by atoms with van der Waals surface area (Å²) >= 11 is 5.90. The van der Waals surface area contributed by atoms with Crippen molar-refractivity contribution in [3.63, 3.8) is 0 Å². The molecule has 2 aromatic rings.